The van der Waals surface area contributed by atoms with E-state index in [4.69, 9.17) is 0 Å². The Hall–Kier alpha value is -1.84. The molecule has 0 aromatic heterocycles. The van der Waals surface area contributed by atoms with E-state index in [2.05, 4.69) is 5.32 Å². The minimum Gasteiger partial charge on any atom is -0.351 e. The Kier molecular flexibility index (Phi) is 4.17. The van der Waals surface area contributed by atoms with Crippen molar-refractivity contribution in [2.75, 3.05) is 4.90 Å². The molecule has 124 valence electrons. The molecule has 4 nitrogen and oxygen atoms in total. The number of aryl methyl sites for hydroxylation is 2. The summed E-state index contributed by atoms with van der Waals surface area (Å²) in [6.45, 7) is 5.92. The lowest BCUT2D eigenvalue weighted by molar-refractivity contribution is -0.127. The first-order chi connectivity index (χ1) is 10.9. The number of carbonyl (C=O) groups excluding carboxylic acids is 2. The Bertz CT molecular complexity index is 634. The standard InChI is InChI=1S/C19H26N2O2/c1-13-8-9-14(2)16(12-13)21-17(22)10-11-19(21,3)18(23)20-15-6-4-5-7-15/h8-9,12,15H,4-7,10-11H2,1-3H3,(H,20,23)/t19-/m1/s1. The monoisotopic (exact) mass is 314 g/mol. The van der Waals surface area contributed by atoms with E-state index in [0.717, 1.165) is 29.7 Å². The molecule has 3 rings (SSSR count). The molecular formula is C19H26N2O2. The number of hydrogen-bond acceptors (Lipinski definition) is 2. The zero-order valence-electron chi connectivity index (χ0n) is 14.3. The minimum absolute atomic E-state index is 0.00356. The zero-order chi connectivity index (χ0) is 16.6. The highest BCUT2D eigenvalue weighted by Gasteiger charge is 2.49. The molecule has 2 aliphatic rings. The van der Waals surface area contributed by atoms with Crippen LogP contribution in [-0.4, -0.2) is 23.4 Å². The Morgan fingerprint density at radius 2 is 1.96 bits per heavy atom. The van der Waals surface area contributed by atoms with Crippen molar-refractivity contribution in [1.82, 2.24) is 5.32 Å². The molecule has 1 aromatic rings. The molecule has 0 unspecified atom stereocenters. The maximum Gasteiger partial charge on any atom is 0.246 e. The Labute approximate surface area is 138 Å². The first kappa shape index (κ1) is 16.0. The lowest BCUT2D eigenvalue weighted by atomic mass is 9.95. The van der Waals surface area contributed by atoms with Crippen molar-refractivity contribution >= 4 is 17.5 Å². The largest absolute Gasteiger partial charge is 0.351 e. The molecule has 2 fully saturated rings. The second-order valence-electron chi connectivity index (χ2n) is 7.25. The van der Waals surface area contributed by atoms with Crippen LogP contribution in [0.2, 0.25) is 0 Å². The molecule has 0 spiro atoms. The van der Waals surface area contributed by atoms with Crippen LogP contribution >= 0.6 is 0 Å². The van der Waals surface area contributed by atoms with Crippen LogP contribution in [0.1, 0.15) is 56.6 Å². The Morgan fingerprint density at radius 3 is 2.65 bits per heavy atom. The van der Waals surface area contributed by atoms with Gasteiger partial charge in [0.25, 0.3) is 0 Å². The highest BCUT2D eigenvalue weighted by atomic mass is 16.2. The van der Waals surface area contributed by atoms with Crippen LogP contribution in [0.15, 0.2) is 18.2 Å². The fourth-order valence-electron chi connectivity index (χ4n) is 3.84. The van der Waals surface area contributed by atoms with Crippen molar-refractivity contribution in [2.24, 2.45) is 0 Å². The molecule has 1 aliphatic heterocycles. The molecule has 1 N–H and O–H groups in total. The average Bonchev–Trinajstić information content (AvgIpc) is 3.11. The highest BCUT2D eigenvalue weighted by Crippen LogP contribution is 2.37. The molecule has 1 aromatic carbocycles. The second kappa shape index (κ2) is 5.99. The topological polar surface area (TPSA) is 49.4 Å². The fraction of sp³-hybridized carbons (Fsp3) is 0.579. The van der Waals surface area contributed by atoms with E-state index >= 15 is 0 Å². The lowest BCUT2D eigenvalue weighted by Gasteiger charge is -2.36. The van der Waals surface area contributed by atoms with Crippen LogP contribution in [0.3, 0.4) is 0 Å². The number of nitrogens with zero attached hydrogens (tertiary/aromatic N) is 1. The van der Waals surface area contributed by atoms with E-state index in [1.165, 1.54) is 12.8 Å². The van der Waals surface area contributed by atoms with Gasteiger partial charge in [-0.3, -0.25) is 14.5 Å². The maximum atomic E-state index is 12.9. The van der Waals surface area contributed by atoms with Crippen molar-refractivity contribution in [3.8, 4) is 0 Å². The number of rotatable bonds is 3. The van der Waals surface area contributed by atoms with Gasteiger partial charge >= 0.3 is 0 Å². The van der Waals surface area contributed by atoms with Crippen LogP contribution < -0.4 is 10.2 Å². The van der Waals surface area contributed by atoms with Gasteiger partial charge in [-0.25, -0.2) is 0 Å². The van der Waals surface area contributed by atoms with E-state index in [1.54, 1.807) is 4.90 Å². The average molecular weight is 314 g/mol. The van der Waals surface area contributed by atoms with Crippen molar-refractivity contribution in [2.45, 2.75) is 70.9 Å². The molecule has 1 saturated carbocycles. The van der Waals surface area contributed by atoms with E-state index in [1.807, 2.05) is 39.0 Å². The van der Waals surface area contributed by atoms with E-state index in [9.17, 15) is 9.59 Å². The number of nitrogens with one attached hydrogen (secondary N) is 1. The summed E-state index contributed by atoms with van der Waals surface area (Å²) in [5.41, 5.74) is 2.23. The molecule has 1 heterocycles. The van der Waals surface area contributed by atoms with Gasteiger partial charge in [-0.2, -0.15) is 0 Å². The van der Waals surface area contributed by atoms with Gasteiger partial charge in [0.05, 0.1) is 0 Å². The van der Waals surface area contributed by atoms with Crippen LogP contribution in [0, 0.1) is 13.8 Å². The fourth-order valence-corrected chi connectivity index (χ4v) is 3.84. The molecular weight excluding hydrogens is 288 g/mol. The molecule has 4 heteroatoms. The number of amides is 2. The van der Waals surface area contributed by atoms with Crippen molar-refractivity contribution in [3.63, 3.8) is 0 Å². The number of anilines is 1. The smallest absolute Gasteiger partial charge is 0.246 e. The second-order valence-corrected chi connectivity index (χ2v) is 7.25. The van der Waals surface area contributed by atoms with Gasteiger partial charge in [-0.05, 0) is 57.2 Å². The van der Waals surface area contributed by atoms with Crippen LogP contribution in [0.5, 0.6) is 0 Å². The first-order valence-corrected chi connectivity index (χ1v) is 8.63. The SMILES string of the molecule is Cc1ccc(C)c(N2C(=O)CC[C@]2(C)C(=O)NC2CCCC2)c1. The first-order valence-electron chi connectivity index (χ1n) is 8.63. The quantitative estimate of drug-likeness (QED) is 0.931. The van der Waals surface area contributed by atoms with Crippen LogP contribution in [0.25, 0.3) is 0 Å². The lowest BCUT2D eigenvalue weighted by Crippen LogP contribution is -2.56. The van der Waals surface area contributed by atoms with Gasteiger partial charge in [-0.15, -0.1) is 0 Å². The van der Waals surface area contributed by atoms with Crippen molar-refractivity contribution < 1.29 is 9.59 Å². The Morgan fingerprint density at radius 1 is 1.26 bits per heavy atom. The predicted molar refractivity (Wildman–Crippen MR) is 91.4 cm³/mol. The zero-order valence-corrected chi connectivity index (χ0v) is 14.3. The van der Waals surface area contributed by atoms with Crippen molar-refractivity contribution in [1.29, 1.82) is 0 Å². The summed E-state index contributed by atoms with van der Waals surface area (Å²) >= 11 is 0. The van der Waals surface area contributed by atoms with Gasteiger partial charge in [0.1, 0.15) is 5.54 Å². The molecule has 1 saturated heterocycles. The summed E-state index contributed by atoms with van der Waals surface area (Å²) in [7, 11) is 0. The summed E-state index contributed by atoms with van der Waals surface area (Å²) in [6.07, 6.45) is 5.49. The molecule has 0 radical (unpaired) electrons. The number of carbonyl (C=O) groups is 2. The van der Waals surface area contributed by atoms with Gasteiger partial charge in [0, 0.05) is 18.2 Å². The summed E-state index contributed by atoms with van der Waals surface area (Å²) in [6, 6.07) is 6.34. The summed E-state index contributed by atoms with van der Waals surface area (Å²) in [5.74, 6) is 0.0407. The summed E-state index contributed by atoms with van der Waals surface area (Å²) in [4.78, 5) is 27.2. The minimum atomic E-state index is -0.780. The maximum absolute atomic E-state index is 12.9. The van der Waals surface area contributed by atoms with E-state index in [0.29, 0.717) is 12.8 Å². The van der Waals surface area contributed by atoms with Gasteiger partial charge < -0.3 is 5.32 Å². The number of hydrogen-bond donors (Lipinski definition) is 1. The third kappa shape index (κ3) is 2.87. The normalized spacial score (nSPS) is 25.2. The number of benzene rings is 1. The van der Waals surface area contributed by atoms with Crippen molar-refractivity contribution in [3.05, 3.63) is 29.3 Å². The van der Waals surface area contributed by atoms with Crippen LogP contribution in [0.4, 0.5) is 5.69 Å². The molecule has 23 heavy (non-hydrogen) atoms. The molecule has 2 amide bonds. The van der Waals surface area contributed by atoms with Gasteiger partial charge in [0.2, 0.25) is 11.8 Å². The Balaban J connectivity index is 1.91. The van der Waals surface area contributed by atoms with Crippen LogP contribution in [-0.2, 0) is 9.59 Å². The molecule has 0 bridgehead atoms. The highest BCUT2D eigenvalue weighted by molar-refractivity contribution is 6.07. The van der Waals surface area contributed by atoms with Gasteiger partial charge in [-0.1, -0.05) is 25.0 Å². The van der Waals surface area contributed by atoms with E-state index in [-0.39, 0.29) is 17.9 Å². The third-order valence-corrected chi connectivity index (χ3v) is 5.35. The predicted octanol–water partition coefficient (Wildman–Crippen LogP) is 3.25. The summed E-state index contributed by atoms with van der Waals surface area (Å²) < 4.78 is 0. The van der Waals surface area contributed by atoms with E-state index < -0.39 is 5.54 Å². The molecule has 1 atom stereocenters. The third-order valence-electron chi connectivity index (χ3n) is 5.35. The van der Waals surface area contributed by atoms with Gasteiger partial charge in [0.15, 0.2) is 0 Å². The molecule has 1 aliphatic carbocycles. The summed E-state index contributed by atoms with van der Waals surface area (Å²) in [5, 5.41) is 3.18.